The van der Waals surface area contributed by atoms with Crippen molar-refractivity contribution in [2.24, 2.45) is 0 Å². The van der Waals surface area contributed by atoms with Crippen LogP contribution in [0.5, 0.6) is 0 Å². The summed E-state index contributed by atoms with van der Waals surface area (Å²) in [5, 5.41) is 3.02. The number of halogens is 3. The fourth-order valence-corrected chi connectivity index (χ4v) is 3.38. The van der Waals surface area contributed by atoms with Crippen molar-refractivity contribution in [1.82, 2.24) is 5.32 Å². The van der Waals surface area contributed by atoms with Crippen LogP contribution in [-0.2, 0) is 0 Å². The van der Waals surface area contributed by atoms with E-state index in [1.807, 2.05) is 22.6 Å². The van der Waals surface area contributed by atoms with Crippen LogP contribution in [0.3, 0.4) is 0 Å². The topological polar surface area (TPSA) is 29.1 Å². The molecule has 5 heteroatoms. The number of hydrogen-bond donors (Lipinski definition) is 1. The van der Waals surface area contributed by atoms with E-state index in [1.54, 1.807) is 0 Å². The van der Waals surface area contributed by atoms with Crippen molar-refractivity contribution in [2.75, 3.05) is 5.88 Å². The van der Waals surface area contributed by atoms with Gasteiger partial charge < -0.3 is 5.32 Å². The van der Waals surface area contributed by atoms with Crippen LogP contribution in [0.2, 0.25) is 0 Å². The number of alkyl halides is 1. The van der Waals surface area contributed by atoms with Crippen molar-refractivity contribution in [3.8, 4) is 0 Å². The molecule has 2 nitrogen and oxygen atoms in total. The molecule has 1 aromatic rings. The summed E-state index contributed by atoms with van der Waals surface area (Å²) in [4.78, 5) is 12.2. The molecule has 0 atom stereocenters. The molecule has 1 aliphatic carbocycles. The number of nitrogens with one attached hydrogen (secondary N) is 1. The Kier molecular flexibility index (Phi) is 4.48. The fourth-order valence-electron chi connectivity index (χ4n) is 2.33. The van der Waals surface area contributed by atoms with E-state index in [0.29, 0.717) is 15.0 Å². The number of benzene rings is 1. The molecule has 1 fully saturated rings. The Morgan fingerprint density at radius 3 is 2.67 bits per heavy atom. The first-order valence-corrected chi connectivity index (χ1v) is 7.51. The summed E-state index contributed by atoms with van der Waals surface area (Å²) >= 11 is 7.96. The molecule has 98 valence electrons. The second-order valence-corrected chi connectivity index (χ2v) is 6.13. The molecule has 1 amide bonds. The van der Waals surface area contributed by atoms with Crippen molar-refractivity contribution in [3.05, 3.63) is 33.1 Å². The molecular formula is C13H14ClFINO. The van der Waals surface area contributed by atoms with Crippen LogP contribution in [0.25, 0.3) is 0 Å². The van der Waals surface area contributed by atoms with Crippen LogP contribution in [0.4, 0.5) is 4.39 Å². The fraction of sp³-hybridized carbons (Fsp3) is 0.462. The Labute approximate surface area is 124 Å². The molecule has 1 aromatic carbocycles. The zero-order valence-corrected chi connectivity index (χ0v) is 12.7. The van der Waals surface area contributed by atoms with Gasteiger partial charge in [-0.15, -0.1) is 11.6 Å². The van der Waals surface area contributed by atoms with E-state index in [2.05, 4.69) is 5.32 Å². The van der Waals surface area contributed by atoms with Crippen LogP contribution in [0.1, 0.15) is 36.0 Å². The maximum absolute atomic E-state index is 13.0. The van der Waals surface area contributed by atoms with Gasteiger partial charge in [0.1, 0.15) is 5.82 Å². The first kappa shape index (κ1) is 14.1. The Hall–Kier alpha value is -0.360. The van der Waals surface area contributed by atoms with Gasteiger partial charge in [-0.25, -0.2) is 4.39 Å². The predicted molar refractivity (Wildman–Crippen MR) is 78.5 cm³/mol. The van der Waals surface area contributed by atoms with Gasteiger partial charge in [0.05, 0.1) is 11.1 Å². The lowest BCUT2D eigenvalue weighted by molar-refractivity contribution is 0.0908. The van der Waals surface area contributed by atoms with Gasteiger partial charge in [0, 0.05) is 9.45 Å². The van der Waals surface area contributed by atoms with Gasteiger partial charge in [0.2, 0.25) is 0 Å². The number of hydrogen-bond acceptors (Lipinski definition) is 1. The minimum absolute atomic E-state index is 0.165. The van der Waals surface area contributed by atoms with Gasteiger partial charge in [0.25, 0.3) is 5.91 Å². The van der Waals surface area contributed by atoms with Crippen LogP contribution >= 0.6 is 34.2 Å². The number of amides is 1. The molecule has 0 aromatic heterocycles. The Morgan fingerprint density at radius 1 is 1.44 bits per heavy atom. The maximum atomic E-state index is 13.0. The maximum Gasteiger partial charge on any atom is 0.252 e. The summed E-state index contributed by atoms with van der Waals surface area (Å²) in [5.74, 6) is -0.0675. The average molecular weight is 382 g/mol. The third-order valence-corrected chi connectivity index (χ3v) is 4.78. The van der Waals surface area contributed by atoms with E-state index >= 15 is 0 Å². The minimum atomic E-state index is -0.330. The van der Waals surface area contributed by atoms with E-state index in [1.165, 1.54) is 18.2 Å². The van der Waals surface area contributed by atoms with E-state index in [0.717, 1.165) is 25.7 Å². The first-order chi connectivity index (χ1) is 8.56. The lowest BCUT2D eigenvalue weighted by atomic mass is 9.99. The zero-order chi connectivity index (χ0) is 13.2. The number of carbonyl (C=O) groups excluding carboxylic acids is 1. The molecule has 0 bridgehead atoms. The Bertz CT molecular complexity index is 460. The smallest absolute Gasteiger partial charge is 0.252 e. The Morgan fingerprint density at radius 2 is 2.11 bits per heavy atom. The summed E-state index contributed by atoms with van der Waals surface area (Å²) in [6.45, 7) is 0. The van der Waals surface area contributed by atoms with Crippen molar-refractivity contribution in [1.29, 1.82) is 0 Å². The third-order valence-electron chi connectivity index (χ3n) is 3.37. The van der Waals surface area contributed by atoms with E-state index in [4.69, 9.17) is 11.6 Å². The minimum Gasteiger partial charge on any atom is -0.345 e. The molecule has 0 heterocycles. The standard InChI is InChI=1S/C13H14ClFINO/c14-8-13(5-1-2-6-13)17-12(18)10-4-3-9(15)7-11(10)16/h3-4,7H,1-2,5-6,8H2,(H,17,18). The summed E-state index contributed by atoms with van der Waals surface area (Å²) in [6.07, 6.45) is 4.01. The SMILES string of the molecule is O=C(NC1(CCl)CCCC1)c1ccc(F)cc1I. The van der Waals surface area contributed by atoms with Gasteiger partial charge in [-0.05, 0) is 53.6 Å². The molecule has 1 saturated carbocycles. The van der Waals surface area contributed by atoms with E-state index in [-0.39, 0.29) is 17.3 Å². The quantitative estimate of drug-likeness (QED) is 0.628. The normalized spacial score (nSPS) is 17.7. The molecule has 2 rings (SSSR count). The summed E-state index contributed by atoms with van der Waals surface area (Å²) in [5.41, 5.74) is 0.226. The van der Waals surface area contributed by atoms with Crippen LogP contribution in [0, 0.1) is 9.39 Å². The number of carbonyl (C=O) groups is 1. The van der Waals surface area contributed by atoms with Crippen LogP contribution in [0.15, 0.2) is 18.2 Å². The van der Waals surface area contributed by atoms with Gasteiger partial charge in [-0.2, -0.15) is 0 Å². The van der Waals surface area contributed by atoms with Crippen molar-refractivity contribution in [2.45, 2.75) is 31.2 Å². The van der Waals surface area contributed by atoms with Crippen molar-refractivity contribution < 1.29 is 9.18 Å². The number of rotatable bonds is 3. The summed E-state index contributed by atoms with van der Waals surface area (Å²) in [7, 11) is 0. The molecule has 0 radical (unpaired) electrons. The van der Waals surface area contributed by atoms with Crippen molar-refractivity contribution in [3.63, 3.8) is 0 Å². The Balaban J connectivity index is 2.16. The highest BCUT2D eigenvalue weighted by atomic mass is 127. The monoisotopic (exact) mass is 381 g/mol. The molecule has 0 unspecified atom stereocenters. The largest absolute Gasteiger partial charge is 0.345 e. The van der Waals surface area contributed by atoms with Gasteiger partial charge >= 0.3 is 0 Å². The lowest BCUT2D eigenvalue weighted by Crippen LogP contribution is -2.48. The molecule has 0 spiro atoms. The zero-order valence-electron chi connectivity index (χ0n) is 9.81. The van der Waals surface area contributed by atoms with Crippen LogP contribution in [-0.4, -0.2) is 17.3 Å². The second-order valence-electron chi connectivity index (χ2n) is 4.70. The van der Waals surface area contributed by atoms with Gasteiger partial charge in [-0.3, -0.25) is 4.79 Å². The summed E-state index contributed by atoms with van der Waals surface area (Å²) < 4.78 is 13.6. The van der Waals surface area contributed by atoms with Crippen LogP contribution < -0.4 is 5.32 Å². The second kappa shape index (κ2) is 5.74. The highest BCUT2D eigenvalue weighted by Gasteiger charge is 2.34. The highest BCUT2D eigenvalue weighted by molar-refractivity contribution is 14.1. The molecule has 1 aliphatic rings. The third kappa shape index (κ3) is 2.96. The average Bonchev–Trinajstić information content (AvgIpc) is 2.78. The molecular weight excluding hydrogens is 368 g/mol. The van der Waals surface area contributed by atoms with E-state index < -0.39 is 0 Å². The van der Waals surface area contributed by atoms with Crippen molar-refractivity contribution >= 4 is 40.1 Å². The predicted octanol–water partition coefficient (Wildman–Crippen LogP) is 3.71. The molecule has 0 aliphatic heterocycles. The lowest BCUT2D eigenvalue weighted by Gasteiger charge is -2.28. The van der Waals surface area contributed by atoms with E-state index in [9.17, 15) is 9.18 Å². The first-order valence-electron chi connectivity index (χ1n) is 5.90. The molecule has 0 saturated heterocycles. The molecule has 1 N–H and O–H groups in total. The highest BCUT2D eigenvalue weighted by Crippen LogP contribution is 2.31. The van der Waals surface area contributed by atoms with Gasteiger partial charge in [-0.1, -0.05) is 12.8 Å². The van der Waals surface area contributed by atoms with Gasteiger partial charge in [0.15, 0.2) is 0 Å². The summed E-state index contributed by atoms with van der Waals surface area (Å²) in [6, 6.07) is 4.18. The molecule has 18 heavy (non-hydrogen) atoms.